The lowest BCUT2D eigenvalue weighted by molar-refractivity contribution is 0.579. The minimum atomic E-state index is -0.523. The van der Waals surface area contributed by atoms with Gasteiger partial charge < -0.3 is 5.73 Å². The van der Waals surface area contributed by atoms with Gasteiger partial charge in [0.2, 0.25) is 0 Å². The summed E-state index contributed by atoms with van der Waals surface area (Å²) in [4.78, 5) is 0. The van der Waals surface area contributed by atoms with Gasteiger partial charge >= 0.3 is 0 Å². The largest absolute Gasteiger partial charge is 0.382 e. The van der Waals surface area contributed by atoms with Crippen LogP contribution >= 0.6 is 0 Å². The van der Waals surface area contributed by atoms with Gasteiger partial charge in [-0.3, -0.25) is 0 Å². The fourth-order valence-electron chi connectivity index (χ4n) is 1.54. The molecule has 0 atom stereocenters. The molecule has 0 saturated carbocycles. The van der Waals surface area contributed by atoms with E-state index >= 15 is 0 Å². The molecular formula is C11H11F2N3. The first-order valence-electron chi connectivity index (χ1n) is 4.77. The summed E-state index contributed by atoms with van der Waals surface area (Å²) < 4.78 is 28.3. The Morgan fingerprint density at radius 3 is 2.38 bits per heavy atom. The number of nitrogen functional groups attached to an aromatic ring is 1. The third kappa shape index (κ3) is 1.64. The summed E-state index contributed by atoms with van der Waals surface area (Å²) in [7, 11) is 0. The second kappa shape index (κ2) is 3.59. The van der Waals surface area contributed by atoms with Crippen LogP contribution in [-0.2, 0) is 0 Å². The molecule has 2 rings (SSSR count). The Morgan fingerprint density at radius 2 is 1.81 bits per heavy atom. The number of anilines is 1. The standard InChI is InChI=1S/C11H11F2N3/c1-6-3-9(13)10(5-8(6)12)16-7(2)4-11(14)15-16/h3-5H,1-2H3,(H2,14,15). The summed E-state index contributed by atoms with van der Waals surface area (Å²) in [6.45, 7) is 3.23. The Morgan fingerprint density at radius 1 is 1.12 bits per heavy atom. The quantitative estimate of drug-likeness (QED) is 0.806. The average molecular weight is 223 g/mol. The van der Waals surface area contributed by atoms with Crippen LogP contribution in [-0.4, -0.2) is 9.78 Å². The van der Waals surface area contributed by atoms with Crippen LogP contribution in [0.25, 0.3) is 5.69 Å². The summed E-state index contributed by atoms with van der Waals surface area (Å²) in [6, 6.07) is 3.85. The first kappa shape index (κ1) is 10.6. The maximum absolute atomic E-state index is 13.6. The molecule has 1 heterocycles. The van der Waals surface area contributed by atoms with E-state index in [4.69, 9.17) is 5.73 Å². The van der Waals surface area contributed by atoms with Gasteiger partial charge in [0.05, 0.1) is 0 Å². The second-order valence-corrected chi connectivity index (χ2v) is 3.68. The van der Waals surface area contributed by atoms with Crippen LogP contribution in [0, 0.1) is 25.5 Å². The molecule has 2 N–H and O–H groups in total. The molecule has 0 saturated heterocycles. The number of hydrogen-bond donors (Lipinski definition) is 1. The molecule has 0 aliphatic carbocycles. The predicted molar refractivity (Wildman–Crippen MR) is 57.4 cm³/mol. The highest BCUT2D eigenvalue weighted by molar-refractivity contribution is 5.41. The third-order valence-electron chi connectivity index (χ3n) is 2.36. The van der Waals surface area contributed by atoms with E-state index < -0.39 is 11.6 Å². The third-order valence-corrected chi connectivity index (χ3v) is 2.36. The second-order valence-electron chi connectivity index (χ2n) is 3.68. The predicted octanol–water partition coefficient (Wildman–Crippen LogP) is 2.35. The van der Waals surface area contributed by atoms with E-state index in [0.29, 0.717) is 5.69 Å². The lowest BCUT2D eigenvalue weighted by atomic mass is 10.2. The first-order chi connectivity index (χ1) is 7.49. The summed E-state index contributed by atoms with van der Waals surface area (Å²) in [5, 5.41) is 3.90. The fraction of sp³-hybridized carbons (Fsp3) is 0.182. The monoisotopic (exact) mass is 223 g/mol. The molecule has 3 nitrogen and oxygen atoms in total. The van der Waals surface area contributed by atoms with Gasteiger partial charge in [0.1, 0.15) is 23.1 Å². The van der Waals surface area contributed by atoms with Crippen molar-refractivity contribution in [3.8, 4) is 5.69 Å². The van der Waals surface area contributed by atoms with Gasteiger partial charge in [0.25, 0.3) is 0 Å². The van der Waals surface area contributed by atoms with E-state index in [9.17, 15) is 8.78 Å². The van der Waals surface area contributed by atoms with Crippen LogP contribution in [0.1, 0.15) is 11.3 Å². The van der Waals surface area contributed by atoms with Gasteiger partial charge in [-0.1, -0.05) is 0 Å². The van der Waals surface area contributed by atoms with Gasteiger partial charge in [-0.15, -0.1) is 0 Å². The zero-order chi connectivity index (χ0) is 11.9. The van der Waals surface area contributed by atoms with Crippen molar-refractivity contribution in [3.05, 3.63) is 41.1 Å². The van der Waals surface area contributed by atoms with E-state index in [0.717, 1.165) is 12.1 Å². The highest BCUT2D eigenvalue weighted by Gasteiger charge is 2.12. The normalized spacial score (nSPS) is 10.8. The van der Waals surface area contributed by atoms with Gasteiger partial charge in [-0.25, -0.2) is 13.5 Å². The number of halogens is 2. The summed E-state index contributed by atoms with van der Waals surface area (Å²) >= 11 is 0. The van der Waals surface area contributed by atoms with Crippen molar-refractivity contribution in [3.63, 3.8) is 0 Å². The lowest BCUT2D eigenvalue weighted by Gasteiger charge is -2.07. The van der Waals surface area contributed by atoms with E-state index in [1.165, 1.54) is 11.6 Å². The Balaban J connectivity index is 2.64. The Hall–Kier alpha value is -1.91. The molecule has 5 heteroatoms. The molecule has 0 unspecified atom stereocenters. The highest BCUT2D eigenvalue weighted by Crippen LogP contribution is 2.20. The zero-order valence-electron chi connectivity index (χ0n) is 8.96. The van der Waals surface area contributed by atoms with Crippen LogP contribution in [0.2, 0.25) is 0 Å². The Labute approximate surface area is 91.5 Å². The molecule has 16 heavy (non-hydrogen) atoms. The number of rotatable bonds is 1. The van der Waals surface area contributed by atoms with Gasteiger partial charge in [0.15, 0.2) is 0 Å². The van der Waals surface area contributed by atoms with Crippen LogP contribution in [0.4, 0.5) is 14.6 Å². The van der Waals surface area contributed by atoms with Crippen LogP contribution in [0.3, 0.4) is 0 Å². The maximum atomic E-state index is 13.6. The minimum Gasteiger partial charge on any atom is -0.382 e. The van der Waals surface area contributed by atoms with Crippen molar-refractivity contribution in [2.45, 2.75) is 13.8 Å². The molecule has 0 amide bonds. The number of nitrogens with two attached hydrogens (primary N) is 1. The maximum Gasteiger partial charge on any atom is 0.149 e. The number of aryl methyl sites for hydroxylation is 2. The van der Waals surface area contributed by atoms with Crippen LogP contribution < -0.4 is 5.73 Å². The number of nitrogens with zero attached hydrogens (tertiary/aromatic N) is 2. The van der Waals surface area contributed by atoms with Gasteiger partial charge in [-0.2, -0.15) is 5.10 Å². The highest BCUT2D eigenvalue weighted by atomic mass is 19.1. The SMILES string of the molecule is Cc1cc(F)c(-n2nc(N)cc2C)cc1F. The number of aromatic nitrogens is 2. The van der Waals surface area contributed by atoms with Crippen molar-refractivity contribution in [1.82, 2.24) is 9.78 Å². The van der Waals surface area contributed by atoms with Crippen molar-refractivity contribution in [2.24, 2.45) is 0 Å². The average Bonchev–Trinajstić information content (AvgIpc) is 2.51. The van der Waals surface area contributed by atoms with Gasteiger partial charge in [0, 0.05) is 17.8 Å². The summed E-state index contributed by atoms with van der Waals surface area (Å²) in [5.74, 6) is -0.715. The van der Waals surface area contributed by atoms with E-state index in [2.05, 4.69) is 5.10 Å². The van der Waals surface area contributed by atoms with E-state index in [-0.39, 0.29) is 17.1 Å². The molecule has 0 fully saturated rings. The van der Waals surface area contributed by atoms with E-state index in [1.54, 1.807) is 13.0 Å². The van der Waals surface area contributed by atoms with Crippen LogP contribution in [0.15, 0.2) is 18.2 Å². The first-order valence-corrected chi connectivity index (χ1v) is 4.77. The molecule has 0 spiro atoms. The van der Waals surface area contributed by atoms with Crippen molar-refractivity contribution >= 4 is 5.82 Å². The van der Waals surface area contributed by atoms with Crippen molar-refractivity contribution in [2.75, 3.05) is 5.73 Å². The Bertz CT molecular complexity index is 546. The zero-order valence-corrected chi connectivity index (χ0v) is 8.96. The molecule has 2 aromatic rings. The summed E-state index contributed by atoms with van der Waals surface area (Å²) in [5.41, 5.74) is 6.47. The van der Waals surface area contributed by atoms with Gasteiger partial charge in [-0.05, 0) is 25.5 Å². The number of hydrogen-bond acceptors (Lipinski definition) is 2. The Kier molecular flexibility index (Phi) is 2.38. The van der Waals surface area contributed by atoms with Crippen molar-refractivity contribution < 1.29 is 8.78 Å². The summed E-state index contributed by atoms with van der Waals surface area (Å²) in [6.07, 6.45) is 0. The molecule has 0 aliphatic rings. The van der Waals surface area contributed by atoms with E-state index in [1.807, 2.05) is 0 Å². The topological polar surface area (TPSA) is 43.8 Å². The molecule has 84 valence electrons. The molecule has 1 aromatic carbocycles. The molecule has 0 radical (unpaired) electrons. The molecular weight excluding hydrogens is 212 g/mol. The number of benzene rings is 1. The molecule has 0 aliphatic heterocycles. The minimum absolute atomic E-state index is 0.0669. The molecule has 0 bridgehead atoms. The smallest absolute Gasteiger partial charge is 0.149 e. The lowest BCUT2D eigenvalue weighted by Crippen LogP contribution is -2.04. The van der Waals surface area contributed by atoms with Crippen LogP contribution in [0.5, 0.6) is 0 Å². The van der Waals surface area contributed by atoms with Crippen molar-refractivity contribution in [1.29, 1.82) is 0 Å². The molecule has 1 aromatic heterocycles. The fourth-order valence-corrected chi connectivity index (χ4v) is 1.54.